The lowest BCUT2D eigenvalue weighted by atomic mass is 10.2. The van der Waals surface area contributed by atoms with Crippen LogP contribution in [0.4, 0.5) is 4.39 Å². The van der Waals surface area contributed by atoms with Gasteiger partial charge in [-0.05, 0) is 44.0 Å². The van der Waals surface area contributed by atoms with E-state index in [0.29, 0.717) is 19.4 Å². The number of halogens is 1. The minimum atomic E-state index is -3.89. The van der Waals surface area contributed by atoms with Crippen LogP contribution in [-0.4, -0.2) is 50.2 Å². The van der Waals surface area contributed by atoms with E-state index >= 15 is 0 Å². The van der Waals surface area contributed by atoms with Crippen LogP contribution in [0, 0.1) is 5.82 Å². The Hall–Kier alpha value is -2.00. The van der Waals surface area contributed by atoms with Gasteiger partial charge in [-0.2, -0.15) is 4.31 Å². The highest BCUT2D eigenvalue weighted by Gasteiger charge is 2.39. The SMILES string of the molecule is CCNC(=O)CNC(=O)[C@H]1CCCN1S(=O)(=O)c1ccc(F)cc1. The summed E-state index contributed by atoms with van der Waals surface area (Å²) in [6, 6.07) is 3.61. The smallest absolute Gasteiger partial charge is 0.243 e. The molecule has 1 aliphatic heterocycles. The van der Waals surface area contributed by atoms with E-state index in [1.54, 1.807) is 6.92 Å². The van der Waals surface area contributed by atoms with Gasteiger partial charge in [0.15, 0.2) is 0 Å². The van der Waals surface area contributed by atoms with Crippen LogP contribution in [0.15, 0.2) is 29.2 Å². The second kappa shape index (κ2) is 7.71. The third kappa shape index (κ3) is 4.09. The van der Waals surface area contributed by atoms with Crippen LogP contribution in [0.1, 0.15) is 19.8 Å². The second-order valence-corrected chi connectivity index (χ2v) is 7.29. The molecule has 2 N–H and O–H groups in total. The van der Waals surface area contributed by atoms with Crippen LogP contribution in [0.5, 0.6) is 0 Å². The molecule has 1 saturated heterocycles. The Morgan fingerprint density at radius 1 is 1.25 bits per heavy atom. The summed E-state index contributed by atoms with van der Waals surface area (Å²) < 4.78 is 39.4. The van der Waals surface area contributed by atoms with E-state index in [-0.39, 0.29) is 23.9 Å². The maximum atomic E-state index is 13.0. The van der Waals surface area contributed by atoms with Gasteiger partial charge in [-0.15, -0.1) is 0 Å². The molecule has 7 nitrogen and oxygen atoms in total. The van der Waals surface area contributed by atoms with Crippen LogP contribution < -0.4 is 10.6 Å². The fraction of sp³-hybridized carbons (Fsp3) is 0.467. The molecule has 132 valence electrons. The number of amides is 2. The van der Waals surface area contributed by atoms with Crippen LogP contribution in [0.25, 0.3) is 0 Å². The van der Waals surface area contributed by atoms with Gasteiger partial charge in [0.2, 0.25) is 21.8 Å². The molecule has 9 heteroatoms. The Morgan fingerprint density at radius 3 is 2.54 bits per heavy atom. The summed E-state index contributed by atoms with van der Waals surface area (Å²) in [5, 5.41) is 5.00. The molecular formula is C15H20FN3O4S. The maximum absolute atomic E-state index is 13.0. The summed E-state index contributed by atoms with van der Waals surface area (Å²) in [4.78, 5) is 23.6. The average Bonchev–Trinajstić information content (AvgIpc) is 3.04. The number of carbonyl (C=O) groups excluding carboxylic acids is 2. The Kier molecular flexibility index (Phi) is 5.89. The Balaban J connectivity index is 2.10. The van der Waals surface area contributed by atoms with E-state index in [9.17, 15) is 22.4 Å². The number of carbonyl (C=O) groups is 2. The van der Waals surface area contributed by atoms with Gasteiger partial charge < -0.3 is 10.6 Å². The molecule has 2 rings (SSSR count). The molecule has 0 saturated carbocycles. The molecule has 0 radical (unpaired) electrons. The highest BCUT2D eigenvalue weighted by Crippen LogP contribution is 2.26. The van der Waals surface area contributed by atoms with Gasteiger partial charge in [0, 0.05) is 13.1 Å². The molecule has 1 fully saturated rings. The van der Waals surface area contributed by atoms with Crippen molar-refractivity contribution in [1.29, 1.82) is 0 Å². The monoisotopic (exact) mass is 357 g/mol. The Bertz CT molecular complexity index is 706. The van der Waals surface area contributed by atoms with Gasteiger partial charge >= 0.3 is 0 Å². The molecule has 2 amide bonds. The molecule has 1 aliphatic rings. The zero-order valence-corrected chi connectivity index (χ0v) is 14.1. The first-order valence-electron chi connectivity index (χ1n) is 7.68. The first-order valence-corrected chi connectivity index (χ1v) is 9.12. The van der Waals surface area contributed by atoms with Gasteiger partial charge in [0.1, 0.15) is 11.9 Å². The lowest BCUT2D eigenvalue weighted by Gasteiger charge is -2.23. The molecular weight excluding hydrogens is 337 g/mol. The summed E-state index contributed by atoms with van der Waals surface area (Å²) >= 11 is 0. The number of nitrogens with zero attached hydrogens (tertiary/aromatic N) is 1. The van der Waals surface area contributed by atoms with E-state index in [2.05, 4.69) is 10.6 Å². The fourth-order valence-corrected chi connectivity index (χ4v) is 4.23. The number of hydrogen-bond donors (Lipinski definition) is 2. The minimum absolute atomic E-state index is 0.0627. The Labute approximate surface area is 140 Å². The molecule has 1 aromatic carbocycles. The lowest BCUT2D eigenvalue weighted by molar-refractivity contribution is -0.127. The van der Waals surface area contributed by atoms with Crippen molar-refractivity contribution < 1.29 is 22.4 Å². The topological polar surface area (TPSA) is 95.6 Å². The third-order valence-corrected chi connectivity index (χ3v) is 5.65. The number of benzene rings is 1. The third-order valence-electron chi connectivity index (χ3n) is 3.72. The van der Waals surface area contributed by atoms with E-state index in [1.165, 1.54) is 12.1 Å². The second-order valence-electron chi connectivity index (χ2n) is 5.40. The van der Waals surface area contributed by atoms with Crippen LogP contribution >= 0.6 is 0 Å². The molecule has 0 aliphatic carbocycles. The normalized spacial score (nSPS) is 18.3. The first-order chi connectivity index (χ1) is 11.4. The summed E-state index contributed by atoms with van der Waals surface area (Å²) in [5.74, 6) is -1.38. The molecule has 0 spiro atoms. The van der Waals surface area contributed by atoms with Crippen molar-refractivity contribution >= 4 is 21.8 Å². The minimum Gasteiger partial charge on any atom is -0.355 e. The summed E-state index contributed by atoms with van der Waals surface area (Å²) in [6.45, 7) is 2.21. The van der Waals surface area contributed by atoms with Crippen molar-refractivity contribution in [3.8, 4) is 0 Å². The van der Waals surface area contributed by atoms with E-state index in [4.69, 9.17) is 0 Å². The molecule has 0 aromatic heterocycles. The van der Waals surface area contributed by atoms with Crippen LogP contribution in [0.2, 0.25) is 0 Å². The van der Waals surface area contributed by atoms with Gasteiger partial charge in [0.05, 0.1) is 11.4 Å². The highest BCUT2D eigenvalue weighted by molar-refractivity contribution is 7.89. The maximum Gasteiger partial charge on any atom is 0.243 e. The fourth-order valence-electron chi connectivity index (χ4n) is 2.58. The standard InChI is InChI=1S/C15H20FN3O4S/c1-2-17-14(20)10-18-15(21)13-4-3-9-19(13)24(22,23)12-7-5-11(16)6-8-12/h5-8,13H,2-4,9-10H2,1H3,(H,17,20)(H,18,21)/t13-/m1/s1. The van der Waals surface area contributed by atoms with Gasteiger partial charge in [-0.25, -0.2) is 12.8 Å². The van der Waals surface area contributed by atoms with Crippen molar-refractivity contribution in [1.82, 2.24) is 14.9 Å². The predicted octanol–water partition coefficient (Wildman–Crippen LogP) is 0.231. The number of sulfonamides is 1. The van der Waals surface area contributed by atoms with Crippen LogP contribution in [-0.2, 0) is 19.6 Å². The quantitative estimate of drug-likeness (QED) is 0.762. The van der Waals surface area contributed by atoms with Gasteiger partial charge in [-0.1, -0.05) is 0 Å². The van der Waals surface area contributed by atoms with E-state index in [0.717, 1.165) is 16.4 Å². The number of likely N-dealkylation sites (N-methyl/N-ethyl adjacent to an activating group) is 1. The van der Waals surface area contributed by atoms with E-state index < -0.39 is 27.8 Å². The van der Waals surface area contributed by atoms with E-state index in [1.807, 2.05) is 0 Å². The van der Waals surface area contributed by atoms with Gasteiger partial charge in [0.25, 0.3) is 0 Å². The molecule has 1 aromatic rings. The van der Waals surface area contributed by atoms with Crippen LogP contribution in [0.3, 0.4) is 0 Å². The van der Waals surface area contributed by atoms with Crippen molar-refractivity contribution in [2.75, 3.05) is 19.6 Å². The number of nitrogens with one attached hydrogen (secondary N) is 2. The summed E-state index contributed by atoms with van der Waals surface area (Å²) in [7, 11) is -3.89. The van der Waals surface area contributed by atoms with Crippen molar-refractivity contribution in [3.63, 3.8) is 0 Å². The Morgan fingerprint density at radius 2 is 1.92 bits per heavy atom. The summed E-state index contributed by atoms with van der Waals surface area (Å²) in [5.41, 5.74) is 0. The molecule has 1 atom stereocenters. The molecule has 1 heterocycles. The van der Waals surface area contributed by atoms with Gasteiger partial charge in [-0.3, -0.25) is 9.59 Å². The summed E-state index contributed by atoms with van der Waals surface area (Å²) in [6.07, 6.45) is 0.918. The highest BCUT2D eigenvalue weighted by atomic mass is 32.2. The predicted molar refractivity (Wildman–Crippen MR) is 85.0 cm³/mol. The zero-order chi connectivity index (χ0) is 17.7. The largest absolute Gasteiger partial charge is 0.355 e. The number of hydrogen-bond acceptors (Lipinski definition) is 4. The molecule has 24 heavy (non-hydrogen) atoms. The zero-order valence-electron chi connectivity index (χ0n) is 13.3. The van der Waals surface area contributed by atoms with Crippen molar-refractivity contribution in [2.45, 2.75) is 30.7 Å². The lowest BCUT2D eigenvalue weighted by Crippen LogP contribution is -2.48. The first kappa shape index (κ1) is 18.3. The molecule has 0 bridgehead atoms. The van der Waals surface area contributed by atoms with Crippen molar-refractivity contribution in [2.24, 2.45) is 0 Å². The molecule has 0 unspecified atom stereocenters. The van der Waals surface area contributed by atoms with Crippen molar-refractivity contribution in [3.05, 3.63) is 30.1 Å². The number of rotatable bonds is 6. The average molecular weight is 357 g/mol.